The predicted molar refractivity (Wildman–Crippen MR) is 65.8 cm³/mol. The number of hydrogen-bond acceptors (Lipinski definition) is 2. The van der Waals surface area contributed by atoms with Gasteiger partial charge in [-0.2, -0.15) is 13.2 Å². The van der Waals surface area contributed by atoms with Crippen molar-refractivity contribution in [2.45, 2.75) is 32.9 Å². The van der Waals surface area contributed by atoms with Crippen LogP contribution in [0.4, 0.5) is 13.2 Å². The average Bonchev–Trinajstić information content (AvgIpc) is 2.70. The van der Waals surface area contributed by atoms with Gasteiger partial charge in [-0.1, -0.05) is 13.8 Å². The molecule has 2 aromatic rings. The molecule has 0 aliphatic carbocycles. The average molecular weight is 269 g/mol. The zero-order valence-electron chi connectivity index (χ0n) is 10.9. The number of aryl methyl sites for hydroxylation is 1. The van der Waals surface area contributed by atoms with Crippen molar-refractivity contribution in [1.29, 1.82) is 0 Å². The van der Waals surface area contributed by atoms with Crippen molar-refractivity contribution >= 4 is 0 Å². The SMILES string of the molecule is Cc1oc(-c2ccc(C(F)(F)F)cc2)nc1C(C)C. The second-order valence-electron chi connectivity index (χ2n) is 4.69. The maximum atomic E-state index is 12.5. The summed E-state index contributed by atoms with van der Waals surface area (Å²) in [4.78, 5) is 4.32. The first kappa shape index (κ1) is 13.6. The number of rotatable bonds is 2. The van der Waals surface area contributed by atoms with E-state index in [2.05, 4.69) is 4.98 Å². The summed E-state index contributed by atoms with van der Waals surface area (Å²) in [6.07, 6.45) is -4.33. The minimum Gasteiger partial charge on any atom is -0.441 e. The molecule has 0 aliphatic heterocycles. The highest BCUT2D eigenvalue weighted by Gasteiger charge is 2.30. The molecule has 0 N–H and O–H groups in total. The van der Waals surface area contributed by atoms with E-state index < -0.39 is 11.7 Å². The third-order valence-corrected chi connectivity index (χ3v) is 2.84. The first-order valence-electron chi connectivity index (χ1n) is 5.94. The molecule has 0 saturated carbocycles. The maximum Gasteiger partial charge on any atom is 0.416 e. The van der Waals surface area contributed by atoms with E-state index in [0.29, 0.717) is 17.2 Å². The normalized spacial score (nSPS) is 12.2. The van der Waals surface area contributed by atoms with Crippen LogP contribution in [0.5, 0.6) is 0 Å². The Hall–Kier alpha value is -1.78. The van der Waals surface area contributed by atoms with Crippen LogP contribution >= 0.6 is 0 Å². The summed E-state index contributed by atoms with van der Waals surface area (Å²) < 4.78 is 42.9. The van der Waals surface area contributed by atoms with Crippen molar-refractivity contribution in [1.82, 2.24) is 4.98 Å². The maximum absolute atomic E-state index is 12.5. The van der Waals surface area contributed by atoms with E-state index in [1.54, 1.807) is 6.92 Å². The zero-order valence-corrected chi connectivity index (χ0v) is 10.9. The first-order chi connectivity index (χ1) is 8.79. The number of benzene rings is 1. The summed E-state index contributed by atoms with van der Waals surface area (Å²) in [6, 6.07) is 4.81. The Kier molecular flexibility index (Phi) is 3.39. The molecule has 0 spiro atoms. The van der Waals surface area contributed by atoms with Crippen LogP contribution in [-0.2, 0) is 6.18 Å². The molecule has 0 atom stereocenters. The number of aromatic nitrogens is 1. The summed E-state index contributed by atoms with van der Waals surface area (Å²) in [5.74, 6) is 1.27. The Morgan fingerprint density at radius 2 is 1.68 bits per heavy atom. The van der Waals surface area contributed by atoms with E-state index >= 15 is 0 Å². The molecule has 1 aromatic heterocycles. The molecule has 0 saturated heterocycles. The molecule has 5 heteroatoms. The lowest BCUT2D eigenvalue weighted by molar-refractivity contribution is -0.137. The van der Waals surface area contributed by atoms with Gasteiger partial charge in [-0.05, 0) is 37.1 Å². The Bertz CT molecular complexity index is 567. The predicted octanol–water partition coefficient (Wildman–Crippen LogP) is 4.79. The van der Waals surface area contributed by atoms with Gasteiger partial charge in [0, 0.05) is 5.56 Å². The van der Waals surface area contributed by atoms with Gasteiger partial charge >= 0.3 is 6.18 Å². The Balaban J connectivity index is 2.35. The van der Waals surface area contributed by atoms with Gasteiger partial charge in [0.2, 0.25) is 5.89 Å². The van der Waals surface area contributed by atoms with Gasteiger partial charge in [0.05, 0.1) is 11.3 Å². The van der Waals surface area contributed by atoms with E-state index in [9.17, 15) is 13.2 Å². The Labute approximate surface area is 109 Å². The fourth-order valence-electron chi connectivity index (χ4n) is 1.87. The molecular formula is C14H14F3NO. The number of halogens is 3. The third kappa shape index (κ3) is 2.80. The summed E-state index contributed by atoms with van der Waals surface area (Å²) in [5.41, 5.74) is 0.696. The molecule has 102 valence electrons. The molecule has 0 bridgehead atoms. The minimum atomic E-state index is -4.33. The van der Waals surface area contributed by atoms with Crippen LogP contribution in [0.2, 0.25) is 0 Å². The standard InChI is InChI=1S/C14H14F3NO/c1-8(2)12-9(3)19-13(18-12)10-4-6-11(7-5-10)14(15,16)17/h4-8H,1-3H3. The topological polar surface area (TPSA) is 26.0 Å². The number of oxazole rings is 1. The third-order valence-electron chi connectivity index (χ3n) is 2.84. The zero-order chi connectivity index (χ0) is 14.2. The quantitative estimate of drug-likeness (QED) is 0.783. The number of nitrogens with zero attached hydrogens (tertiary/aromatic N) is 1. The fraction of sp³-hybridized carbons (Fsp3) is 0.357. The smallest absolute Gasteiger partial charge is 0.416 e. The van der Waals surface area contributed by atoms with E-state index in [1.165, 1.54) is 12.1 Å². The molecule has 19 heavy (non-hydrogen) atoms. The lowest BCUT2D eigenvalue weighted by Gasteiger charge is -2.06. The Morgan fingerprint density at radius 3 is 2.11 bits per heavy atom. The van der Waals surface area contributed by atoms with Crippen LogP contribution in [0, 0.1) is 6.92 Å². The van der Waals surface area contributed by atoms with Crippen LogP contribution in [0.25, 0.3) is 11.5 Å². The highest BCUT2D eigenvalue weighted by Crippen LogP contribution is 2.31. The van der Waals surface area contributed by atoms with Gasteiger partial charge in [-0.15, -0.1) is 0 Å². The van der Waals surface area contributed by atoms with Gasteiger partial charge in [-0.25, -0.2) is 4.98 Å². The van der Waals surface area contributed by atoms with Crippen molar-refractivity contribution in [3.63, 3.8) is 0 Å². The molecule has 1 aromatic carbocycles. The highest BCUT2D eigenvalue weighted by molar-refractivity contribution is 5.54. The molecule has 1 heterocycles. The first-order valence-corrected chi connectivity index (χ1v) is 5.94. The van der Waals surface area contributed by atoms with Gasteiger partial charge in [0.1, 0.15) is 5.76 Å². The van der Waals surface area contributed by atoms with Gasteiger partial charge < -0.3 is 4.42 Å². The van der Waals surface area contributed by atoms with Crippen molar-refractivity contribution in [2.75, 3.05) is 0 Å². The van der Waals surface area contributed by atoms with Crippen LogP contribution < -0.4 is 0 Å². The van der Waals surface area contributed by atoms with E-state index in [1.807, 2.05) is 13.8 Å². The molecule has 0 fully saturated rings. The second kappa shape index (κ2) is 4.72. The Morgan fingerprint density at radius 1 is 1.11 bits per heavy atom. The molecular weight excluding hydrogens is 255 g/mol. The molecule has 0 aliphatic rings. The summed E-state index contributed by atoms with van der Waals surface area (Å²) in [6.45, 7) is 5.78. The highest BCUT2D eigenvalue weighted by atomic mass is 19.4. The summed E-state index contributed by atoms with van der Waals surface area (Å²) in [5, 5.41) is 0. The van der Waals surface area contributed by atoms with Crippen LogP contribution in [0.1, 0.15) is 36.8 Å². The van der Waals surface area contributed by atoms with Crippen molar-refractivity contribution < 1.29 is 17.6 Å². The van der Waals surface area contributed by atoms with Crippen molar-refractivity contribution in [2.24, 2.45) is 0 Å². The molecule has 2 rings (SSSR count). The van der Waals surface area contributed by atoms with Gasteiger partial charge in [0.25, 0.3) is 0 Å². The van der Waals surface area contributed by atoms with Crippen molar-refractivity contribution in [3.05, 3.63) is 41.3 Å². The number of alkyl halides is 3. The second-order valence-corrected chi connectivity index (χ2v) is 4.69. The summed E-state index contributed by atoms with van der Waals surface area (Å²) in [7, 11) is 0. The van der Waals surface area contributed by atoms with E-state index in [4.69, 9.17) is 4.42 Å². The van der Waals surface area contributed by atoms with Crippen LogP contribution in [0.3, 0.4) is 0 Å². The lowest BCUT2D eigenvalue weighted by Crippen LogP contribution is -2.03. The van der Waals surface area contributed by atoms with Crippen molar-refractivity contribution in [3.8, 4) is 11.5 Å². The molecule has 0 unspecified atom stereocenters. The van der Waals surface area contributed by atoms with E-state index in [-0.39, 0.29) is 5.92 Å². The molecule has 0 amide bonds. The lowest BCUT2D eigenvalue weighted by atomic mass is 10.1. The van der Waals surface area contributed by atoms with Gasteiger partial charge in [-0.3, -0.25) is 0 Å². The van der Waals surface area contributed by atoms with Gasteiger partial charge in [0.15, 0.2) is 0 Å². The minimum absolute atomic E-state index is 0.215. The van der Waals surface area contributed by atoms with Crippen LogP contribution in [0.15, 0.2) is 28.7 Å². The molecule has 2 nitrogen and oxygen atoms in total. The largest absolute Gasteiger partial charge is 0.441 e. The number of hydrogen-bond donors (Lipinski definition) is 0. The van der Waals surface area contributed by atoms with E-state index in [0.717, 1.165) is 17.8 Å². The monoisotopic (exact) mass is 269 g/mol. The molecule has 0 radical (unpaired) electrons. The van der Waals surface area contributed by atoms with Crippen LogP contribution in [-0.4, -0.2) is 4.98 Å². The summed E-state index contributed by atoms with van der Waals surface area (Å²) >= 11 is 0. The fourth-order valence-corrected chi connectivity index (χ4v) is 1.87.